The van der Waals surface area contributed by atoms with Crippen LogP contribution in [0.25, 0.3) is 0 Å². The fourth-order valence-electron chi connectivity index (χ4n) is 3.35. The third-order valence-corrected chi connectivity index (χ3v) is 5.32. The summed E-state index contributed by atoms with van der Waals surface area (Å²) in [6, 6.07) is 8.74. The van der Waals surface area contributed by atoms with Gasteiger partial charge in [-0.15, -0.1) is 0 Å². The molecule has 0 spiro atoms. The zero-order valence-corrected chi connectivity index (χ0v) is 14.4. The third-order valence-electron chi connectivity index (χ3n) is 5.32. The molecule has 1 fully saturated rings. The highest BCUT2D eigenvalue weighted by Crippen LogP contribution is 2.29. The van der Waals surface area contributed by atoms with E-state index < -0.39 is 0 Å². The van der Waals surface area contributed by atoms with Crippen LogP contribution in [0.3, 0.4) is 0 Å². The van der Waals surface area contributed by atoms with Gasteiger partial charge in [0.25, 0.3) is 0 Å². The van der Waals surface area contributed by atoms with Crippen LogP contribution in [0.2, 0.25) is 0 Å². The van der Waals surface area contributed by atoms with E-state index in [4.69, 9.17) is 0 Å². The molecule has 3 unspecified atom stereocenters. The van der Waals surface area contributed by atoms with Crippen LogP contribution in [0, 0.1) is 18.8 Å². The van der Waals surface area contributed by atoms with Crippen molar-refractivity contribution < 1.29 is 4.79 Å². The van der Waals surface area contributed by atoms with E-state index in [1.807, 2.05) is 24.1 Å². The Morgan fingerprint density at radius 2 is 2.00 bits per heavy atom. The van der Waals surface area contributed by atoms with Gasteiger partial charge in [-0.3, -0.25) is 4.79 Å². The number of likely N-dealkylation sites (N-methyl/N-ethyl adjacent to an activating group) is 1. The molecule has 0 aromatic heterocycles. The van der Waals surface area contributed by atoms with Crippen LogP contribution in [-0.4, -0.2) is 30.4 Å². The first-order valence-electron chi connectivity index (χ1n) is 8.51. The maximum Gasteiger partial charge on any atom is 0.236 e. The number of nitrogens with one attached hydrogen (secondary N) is 1. The monoisotopic (exact) mass is 302 g/mol. The lowest BCUT2D eigenvalue weighted by atomic mass is 9.78. The third kappa shape index (κ3) is 4.33. The Morgan fingerprint density at radius 3 is 2.73 bits per heavy atom. The van der Waals surface area contributed by atoms with Gasteiger partial charge in [-0.2, -0.15) is 0 Å². The number of carbonyl (C=O) groups excluding carboxylic acids is 1. The molecule has 3 heteroatoms. The summed E-state index contributed by atoms with van der Waals surface area (Å²) in [6.07, 6.45) is 3.79. The molecule has 1 aromatic rings. The molecule has 0 bridgehead atoms. The van der Waals surface area contributed by atoms with Crippen LogP contribution in [0.5, 0.6) is 0 Å². The van der Waals surface area contributed by atoms with Crippen molar-refractivity contribution in [3.63, 3.8) is 0 Å². The van der Waals surface area contributed by atoms with Gasteiger partial charge >= 0.3 is 0 Å². The number of carbonyl (C=O) groups is 1. The number of rotatable bonds is 5. The van der Waals surface area contributed by atoms with E-state index in [9.17, 15) is 4.79 Å². The summed E-state index contributed by atoms with van der Waals surface area (Å²) in [4.78, 5) is 14.2. The molecule has 1 amide bonds. The van der Waals surface area contributed by atoms with Crippen LogP contribution in [0.15, 0.2) is 24.3 Å². The lowest BCUT2D eigenvalue weighted by Gasteiger charge is -2.35. The van der Waals surface area contributed by atoms with Crippen molar-refractivity contribution in [2.45, 2.75) is 52.6 Å². The molecule has 1 N–H and O–H groups in total. The van der Waals surface area contributed by atoms with Crippen molar-refractivity contribution in [3.8, 4) is 0 Å². The normalized spacial score (nSPS) is 25.0. The van der Waals surface area contributed by atoms with E-state index in [0.717, 1.165) is 5.92 Å². The number of benzene rings is 1. The van der Waals surface area contributed by atoms with Gasteiger partial charge < -0.3 is 10.2 Å². The zero-order chi connectivity index (χ0) is 16.1. The SMILES string of the molecule is Cc1ccccc1CN(C)C(=O)CNC1CCCC(C)C1C. The molecular weight excluding hydrogens is 272 g/mol. The number of aryl methyl sites for hydroxylation is 1. The Labute approximate surface area is 135 Å². The summed E-state index contributed by atoms with van der Waals surface area (Å²) in [5.41, 5.74) is 2.46. The van der Waals surface area contributed by atoms with Gasteiger partial charge in [-0.05, 0) is 36.3 Å². The summed E-state index contributed by atoms with van der Waals surface area (Å²) in [6.45, 7) is 7.86. The average molecular weight is 302 g/mol. The van der Waals surface area contributed by atoms with Gasteiger partial charge in [0.15, 0.2) is 0 Å². The fraction of sp³-hybridized carbons (Fsp3) is 0.632. The molecule has 22 heavy (non-hydrogen) atoms. The molecule has 3 atom stereocenters. The van der Waals surface area contributed by atoms with Gasteiger partial charge in [-0.1, -0.05) is 51.0 Å². The molecule has 1 aliphatic rings. The Balaban J connectivity index is 1.83. The van der Waals surface area contributed by atoms with Gasteiger partial charge in [0, 0.05) is 19.6 Å². The van der Waals surface area contributed by atoms with Crippen LogP contribution in [0.1, 0.15) is 44.2 Å². The van der Waals surface area contributed by atoms with Gasteiger partial charge in [-0.25, -0.2) is 0 Å². The van der Waals surface area contributed by atoms with E-state index >= 15 is 0 Å². The van der Waals surface area contributed by atoms with Crippen molar-refractivity contribution in [2.75, 3.05) is 13.6 Å². The van der Waals surface area contributed by atoms with Crippen molar-refractivity contribution in [1.82, 2.24) is 10.2 Å². The number of hydrogen-bond donors (Lipinski definition) is 1. The molecular formula is C19H30N2O. The molecule has 1 aromatic carbocycles. The molecule has 0 heterocycles. The summed E-state index contributed by atoms with van der Waals surface area (Å²) in [5, 5.41) is 3.49. The standard InChI is InChI=1S/C19H30N2O/c1-14-9-7-11-18(16(14)3)20-12-19(22)21(4)13-17-10-6-5-8-15(17)2/h5-6,8,10,14,16,18,20H,7,9,11-13H2,1-4H3. The average Bonchev–Trinajstić information content (AvgIpc) is 2.50. The molecule has 122 valence electrons. The second-order valence-corrected chi connectivity index (χ2v) is 6.93. The van der Waals surface area contributed by atoms with Gasteiger partial charge in [0.1, 0.15) is 0 Å². The first kappa shape index (κ1) is 17.0. The molecule has 0 radical (unpaired) electrons. The van der Waals surface area contributed by atoms with E-state index in [1.54, 1.807) is 0 Å². The highest BCUT2D eigenvalue weighted by atomic mass is 16.2. The minimum atomic E-state index is 0.175. The Kier molecular flexibility index (Phi) is 6.01. The lowest BCUT2D eigenvalue weighted by molar-refractivity contribution is -0.129. The Bertz CT molecular complexity index is 500. The Hall–Kier alpha value is -1.35. The van der Waals surface area contributed by atoms with E-state index in [1.165, 1.54) is 30.4 Å². The van der Waals surface area contributed by atoms with E-state index in [0.29, 0.717) is 25.0 Å². The summed E-state index contributed by atoms with van der Waals surface area (Å²) in [7, 11) is 1.89. The molecule has 3 nitrogen and oxygen atoms in total. The zero-order valence-electron chi connectivity index (χ0n) is 14.4. The van der Waals surface area contributed by atoms with E-state index in [2.05, 4.69) is 38.2 Å². The summed E-state index contributed by atoms with van der Waals surface area (Å²) >= 11 is 0. The highest BCUT2D eigenvalue weighted by molar-refractivity contribution is 5.78. The van der Waals surface area contributed by atoms with Crippen molar-refractivity contribution >= 4 is 5.91 Å². The quantitative estimate of drug-likeness (QED) is 0.904. The minimum Gasteiger partial charge on any atom is -0.340 e. The summed E-state index contributed by atoms with van der Waals surface area (Å²) in [5.74, 6) is 1.59. The van der Waals surface area contributed by atoms with Gasteiger partial charge in [0.2, 0.25) is 5.91 Å². The molecule has 1 saturated carbocycles. The van der Waals surface area contributed by atoms with Crippen molar-refractivity contribution in [2.24, 2.45) is 11.8 Å². The van der Waals surface area contributed by atoms with Crippen LogP contribution in [-0.2, 0) is 11.3 Å². The first-order valence-corrected chi connectivity index (χ1v) is 8.51. The second kappa shape index (κ2) is 7.77. The van der Waals surface area contributed by atoms with Crippen LogP contribution >= 0.6 is 0 Å². The number of nitrogens with zero attached hydrogens (tertiary/aromatic N) is 1. The first-order chi connectivity index (χ1) is 10.5. The highest BCUT2D eigenvalue weighted by Gasteiger charge is 2.27. The maximum atomic E-state index is 12.4. The van der Waals surface area contributed by atoms with Crippen LogP contribution < -0.4 is 5.32 Å². The predicted molar refractivity (Wildman–Crippen MR) is 91.6 cm³/mol. The lowest BCUT2D eigenvalue weighted by Crippen LogP contribution is -2.45. The van der Waals surface area contributed by atoms with E-state index in [-0.39, 0.29) is 5.91 Å². The smallest absolute Gasteiger partial charge is 0.236 e. The topological polar surface area (TPSA) is 32.3 Å². The van der Waals surface area contributed by atoms with Crippen molar-refractivity contribution in [3.05, 3.63) is 35.4 Å². The largest absolute Gasteiger partial charge is 0.340 e. The number of hydrogen-bond acceptors (Lipinski definition) is 2. The Morgan fingerprint density at radius 1 is 1.27 bits per heavy atom. The predicted octanol–water partition coefficient (Wildman–Crippen LogP) is 3.37. The molecule has 2 rings (SSSR count). The van der Waals surface area contributed by atoms with Gasteiger partial charge in [0.05, 0.1) is 6.54 Å². The van der Waals surface area contributed by atoms with Crippen LogP contribution in [0.4, 0.5) is 0 Å². The van der Waals surface area contributed by atoms with Crippen molar-refractivity contribution in [1.29, 1.82) is 0 Å². The second-order valence-electron chi connectivity index (χ2n) is 6.93. The number of amides is 1. The summed E-state index contributed by atoms with van der Waals surface area (Å²) < 4.78 is 0. The molecule has 0 saturated heterocycles. The fourth-order valence-corrected chi connectivity index (χ4v) is 3.35. The molecule has 0 aliphatic heterocycles. The maximum absolute atomic E-state index is 12.4. The minimum absolute atomic E-state index is 0.175. The molecule has 1 aliphatic carbocycles.